The fraction of sp³-hybridized carbons (Fsp3) is 0.923. The summed E-state index contributed by atoms with van der Waals surface area (Å²) in [5.41, 5.74) is 5.49. The quantitative estimate of drug-likeness (QED) is 0.660. The number of hydrogen-bond acceptors (Lipinski definition) is 5. The van der Waals surface area contributed by atoms with Gasteiger partial charge in [-0.3, -0.25) is 9.69 Å². The first-order chi connectivity index (χ1) is 9.15. The fourth-order valence-corrected chi connectivity index (χ4v) is 2.12. The summed E-state index contributed by atoms with van der Waals surface area (Å²) in [7, 11) is 1.58. The van der Waals surface area contributed by atoms with Gasteiger partial charge >= 0.3 is 0 Å². The van der Waals surface area contributed by atoms with Crippen LogP contribution in [0.2, 0.25) is 0 Å². The lowest BCUT2D eigenvalue weighted by Gasteiger charge is -2.29. The smallest absolute Gasteiger partial charge is 0.222 e. The van der Waals surface area contributed by atoms with Crippen LogP contribution in [-0.4, -0.2) is 70.0 Å². The summed E-state index contributed by atoms with van der Waals surface area (Å²) in [4.78, 5) is 14.1. The molecule has 3 N–H and O–H groups in total. The lowest BCUT2D eigenvalue weighted by Crippen LogP contribution is -2.42. The van der Waals surface area contributed by atoms with Crippen LogP contribution in [-0.2, 0) is 14.3 Å². The number of rotatable bonds is 8. The first kappa shape index (κ1) is 23.2. The highest BCUT2D eigenvalue weighted by Crippen LogP contribution is 2.03. The normalized spacial score (nSPS) is 18.0. The average molecular weight is 346 g/mol. The van der Waals surface area contributed by atoms with Gasteiger partial charge in [-0.25, -0.2) is 0 Å². The van der Waals surface area contributed by atoms with Gasteiger partial charge in [-0.05, 0) is 5.92 Å². The van der Waals surface area contributed by atoms with Crippen molar-refractivity contribution < 1.29 is 14.3 Å². The monoisotopic (exact) mass is 345 g/mol. The largest absolute Gasteiger partial charge is 0.380 e. The Morgan fingerprint density at radius 1 is 1.38 bits per heavy atom. The van der Waals surface area contributed by atoms with Crippen molar-refractivity contribution in [1.82, 2.24) is 10.2 Å². The number of hydrogen-bond donors (Lipinski definition) is 2. The number of carbonyl (C=O) groups is 1. The summed E-state index contributed by atoms with van der Waals surface area (Å²) >= 11 is 0. The molecule has 1 rings (SSSR count). The van der Waals surface area contributed by atoms with Crippen LogP contribution in [0, 0.1) is 5.92 Å². The zero-order valence-corrected chi connectivity index (χ0v) is 14.5. The molecule has 0 aromatic carbocycles. The van der Waals surface area contributed by atoms with Crippen molar-refractivity contribution in [3.05, 3.63) is 0 Å². The minimum absolute atomic E-state index is 0. The van der Waals surface area contributed by atoms with Crippen molar-refractivity contribution in [1.29, 1.82) is 0 Å². The number of methoxy groups -OCH3 is 1. The molecule has 1 heterocycles. The fourth-order valence-electron chi connectivity index (χ4n) is 2.12. The first-order valence-corrected chi connectivity index (χ1v) is 6.95. The van der Waals surface area contributed by atoms with Crippen molar-refractivity contribution in [2.24, 2.45) is 11.7 Å². The number of amides is 1. The van der Waals surface area contributed by atoms with Gasteiger partial charge in [-0.15, -0.1) is 24.8 Å². The second-order valence-electron chi connectivity index (χ2n) is 5.12. The van der Waals surface area contributed by atoms with E-state index in [2.05, 4.69) is 17.1 Å². The third-order valence-electron chi connectivity index (χ3n) is 3.33. The molecule has 1 amide bonds. The molecule has 0 radical (unpaired) electrons. The summed E-state index contributed by atoms with van der Waals surface area (Å²) in [6.07, 6.45) is 0.145. The van der Waals surface area contributed by atoms with E-state index < -0.39 is 0 Å². The van der Waals surface area contributed by atoms with E-state index in [9.17, 15) is 4.79 Å². The van der Waals surface area contributed by atoms with Crippen LogP contribution in [0.15, 0.2) is 0 Å². The van der Waals surface area contributed by atoms with Crippen molar-refractivity contribution in [2.75, 3.05) is 53.0 Å². The number of nitrogens with zero attached hydrogens (tertiary/aromatic N) is 1. The van der Waals surface area contributed by atoms with Crippen molar-refractivity contribution >= 4 is 30.7 Å². The zero-order valence-electron chi connectivity index (χ0n) is 12.9. The van der Waals surface area contributed by atoms with Gasteiger partial charge in [-0.1, -0.05) is 6.92 Å². The standard InChI is InChI=1S/C13H27N3O3.2ClH/c1-11(10-16-3-5-19-6-4-16)9-15-13(17)7-12(8-14)18-2;;/h11-12H,3-10,14H2,1-2H3,(H,15,17);2*1H. The Morgan fingerprint density at radius 2 is 2.00 bits per heavy atom. The highest BCUT2D eigenvalue weighted by Gasteiger charge is 2.15. The number of carbonyl (C=O) groups excluding carboxylic acids is 1. The van der Waals surface area contributed by atoms with Crippen molar-refractivity contribution in [2.45, 2.75) is 19.4 Å². The van der Waals surface area contributed by atoms with Gasteiger partial charge in [0.05, 0.1) is 25.7 Å². The van der Waals surface area contributed by atoms with Crippen LogP contribution >= 0.6 is 24.8 Å². The molecular formula is C13H29Cl2N3O3. The Kier molecular flexibility index (Phi) is 14.9. The first-order valence-electron chi connectivity index (χ1n) is 6.95. The second kappa shape index (κ2) is 13.5. The Bertz CT molecular complexity index is 263. The maximum atomic E-state index is 11.7. The van der Waals surface area contributed by atoms with Gasteiger partial charge in [-0.2, -0.15) is 0 Å². The van der Waals surface area contributed by atoms with Gasteiger partial charge in [0.25, 0.3) is 0 Å². The van der Waals surface area contributed by atoms with Gasteiger partial charge in [0.15, 0.2) is 0 Å². The molecule has 8 heteroatoms. The molecule has 1 saturated heterocycles. The van der Waals surface area contributed by atoms with Gasteiger partial charge < -0.3 is 20.5 Å². The lowest BCUT2D eigenvalue weighted by atomic mass is 10.1. The van der Waals surface area contributed by atoms with Crippen LogP contribution in [0.25, 0.3) is 0 Å². The maximum Gasteiger partial charge on any atom is 0.222 e. The molecular weight excluding hydrogens is 317 g/mol. The molecule has 1 aliphatic rings. The van der Waals surface area contributed by atoms with Crippen LogP contribution < -0.4 is 11.1 Å². The second-order valence-corrected chi connectivity index (χ2v) is 5.12. The molecule has 1 aliphatic heterocycles. The van der Waals surface area contributed by atoms with E-state index in [4.69, 9.17) is 15.2 Å². The molecule has 128 valence electrons. The van der Waals surface area contributed by atoms with E-state index >= 15 is 0 Å². The topological polar surface area (TPSA) is 76.8 Å². The molecule has 0 saturated carbocycles. The summed E-state index contributed by atoms with van der Waals surface area (Å²) in [6, 6.07) is 0. The molecule has 0 aromatic heterocycles. The number of nitrogens with two attached hydrogens (primary N) is 1. The molecule has 0 spiro atoms. The van der Waals surface area contributed by atoms with E-state index in [1.165, 1.54) is 0 Å². The van der Waals surface area contributed by atoms with E-state index in [1.807, 2.05) is 0 Å². The van der Waals surface area contributed by atoms with Crippen LogP contribution in [0.1, 0.15) is 13.3 Å². The summed E-state index contributed by atoms with van der Waals surface area (Å²) in [5, 5.41) is 2.94. The van der Waals surface area contributed by atoms with E-state index in [0.29, 0.717) is 25.4 Å². The Labute approximate surface area is 139 Å². The number of nitrogens with one attached hydrogen (secondary N) is 1. The maximum absolute atomic E-state index is 11.7. The van der Waals surface area contributed by atoms with Crippen LogP contribution in [0.3, 0.4) is 0 Å². The Hall–Kier alpha value is -0.110. The molecule has 0 aliphatic carbocycles. The minimum Gasteiger partial charge on any atom is -0.380 e. The molecule has 21 heavy (non-hydrogen) atoms. The molecule has 2 unspecified atom stereocenters. The number of morpholine rings is 1. The highest BCUT2D eigenvalue weighted by atomic mass is 35.5. The Morgan fingerprint density at radius 3 is 2.52 bits per heavy atom. The van der Waals surface area contributed by atoms with Gasteiger partial charge in [0, 0.05) is 39.8 Å². The average Bonchev–Trinajstić information content (AvgIpc) is 2.43. The van der Waals surface area contributed by atoms with Gasteiger partial charge in [0.1, 0.15) is 0 Å². The third kappa shape index (κ3) is 10.3. The number of ether oxygens (including phenoxy) is 2. The number of halogens is 2. The molecule has 0 aromatic rings. The van der Waals surface area contributed by atoms with E-state index in [1.54, 1.807) is 7.11 Å². The zero-order chi connectivity index (χ0) is 14.1. The Balaban J connectivity index is 0. The molecule has 6 nitrogen and oxygen atoms in total. The molecule has 1 fully saturated rings. The highest BCUT2D eigenvalue weighted by molar-refractivity contribution is 5.85. The van der Waals surface area contributed by atoms with Crippen molar-refractivity contribution in [3.63, 3.8) is 0 Å². The summed E-state index contributed by atoms with van der Waals surface area (Å²) in [5.74, 6) is 0.437. The minimum atomic E-state index is -0.186. The summed E-state index contributed by atoms with van der Waals surface area (Å²) < 4.78 is 10.4. The SMILES string of the molecule is COC(CN)CC(=O)NCC(C)CN1CCOCC1.Cl.Cl. The molecule has 2 atom stereocenters. The lowest BCUT2D eigenvalue weighted by molar-refractivity contribution is -0.123. The van der Waals surface area contributed by atoms with E-state index in [-0.39, 0.29) is 36.8 Å². The van der Waals surface area contributed by atoms with E-state index in [0.717, 1.165) is 32.8 Å². The predicted octanol–water partition coefficient (Wildman–Crippen LogP) is 0.278. The van der Waals surface area contributed by atoms with Crippen molar-refractivity contribution in [3.8, 4) is 0 Å². The predicted molar refractivity (Wildman–Crippen MR) is 88.4 cm³/mol. The van der Waals surface area contributed by atoms with Gasteiger partial charge in [0.2, 0.25) is 5.91 Å². The van der Waals surface area contributed by atoms with Crippen LogP contribution in [0.4, 0.5) is 0 Å². The van der Waals surface area contributed by atoms with Crippen LogP contribution in [0.5, 0.6) is 0 Å². The third-order valence-corrected chi connectivity index (χ3v) is 3.33. The summed E-state index contributed by atoms with van der Waals surface area (Å²) in [6.45, 7) is 7.79. The molecule has 0 bridgehead atoms.